The van der Waals surface area contributed by atoms with Crippen LogP contribution in [0.15, 0.2) is 12.4 Å². The second kappa shape index (κ2) is 4.57. The Morgan fingerprint density at radius 1 is 1.44 bits per heavy atom. The Balaban J connectivity index is 2.30. The van der Waals surface area contributed by atoms with Crippen molar-refractivity contribution in [2.45, 2.75) is 39.2 Å². The second-order valence-corrected chi connectivity index (χ2v) is 3.96. The lowest BCUT2D eigenvalue weighted by Gasteiger charge is -2.08. The van der Waals surface area contributed by atoms with Crippen molar-refractivity contribution < 1.29 is 5.11 Å². The van der Waals surface area contributed by atoms with E-state index in [-0.39, 0.29) is 6.10 Å². The first-order valence-electron chi connectivity index (χ1n) is 5.55. The molecular formula is C11H16N4O. The molecule has 0 bridgehead atoms. The van der Waals surface area contributed by atoms with E-state index in [4.69, 9.17) is 0 Å². The molecule has 0 aliphatic rings. The van der Waals surface area contributed by atoms with Crippen LogP contribution in [0.1, 0.15) is 31.3 Å². The van der Waals surface area contributed by atoms with Gasteiger partial charge in [-0.3, -0.25) is 9.38 Å². The average Bonchev–Trinajstić information content (AvgIpc) is 2.62. The lowest BCUT2D eigenvalue weighted by molar-refractivity contribution is 0.163. The predicted octanol–water partition coefficient (Wildman–Crippen LogP) is 1.14. The van der Waals surface area contributed by atoms with E-state index in [2.05, 4.69) is 22.1 Å². The highest BCUT2D eigenvalue weighted by Gasteiger charge is 2.11. The highest BCUT2D eigenvalue weighted by atomic mass is 16.3. The summed E-state index contributed by atoms with van der Waals surface area (Å²) in [5, 5.41) is 17.8. The van der Waals surface area contributed by atoms with Crippen LogP contribution in [0.3, 0.4) is 0 Å². The molecule has 5 heteroatoms. The van der Waals surface area contributed by atoms with E-state index >= 15 is 0 Å². The quantitative estimate of drug-likeness (QED) is 0.839. The minimum atomic E-state index is -0.347. The summed E-state index contributed by atoms with van der Waals surface area (Å²) in [6.07, 6.45) is 5.50. The van der Waals surface area contributed by atoms with Crippen LogP contribution in [0.4, 0.5) is 0 Å². The average molecular weight is 220 g/mol. The third-order valence-electron chi connectivity index (χ3n) is 2.62. The number of fused-ring (bicyclic) bond motifs is 1. The van der Waals surface area contributed by atoms with Gasteiger partial charge in [-0.25, -0.2) is 0 Å². The molecule has 0 radical (unpaired) electrons. The summed E-state index contributed by atoms with van der Waals surface area (Å²) < 4.78 is 1.89. The van der Waals surface area contributed by atoms with Crippen LogP contribution in [0, 0.1) is 6.92 Å². The summed E-state index contributed by atoms with van der Waals surface area (Å²) in [6, 6.07) is 0. The third kappa shape index (κ3) is 2.04. The maximum atomic E-state index is 9.77. The number of aliphatic hydroxyl groups excluding tert-OH is 1. The van der Waals surface area contributed by atoms with Gasteiger partial charge in [-0.1, -0.05) is 13.3 Å². The molecule has 2 aromatic rings. The van der Waals surface area contributed by atoms with Gasteiger partial charge in [-0.2, -0.15) is 0 Å². The minimum Gasteiger partial charge on any atom is -0.393 e. The Kier molecular flexibility index (Phi) is 3.14. The molecule has 0 aliphatic heterocycles. The van der Waals surface area contributed by atoms with Gasteiger partial charge in [-0.05, 0) is 13.3 Å². The van der Waals surface area contributed by atoms with Gasteiger partial charge in [0.1, 0.15) is 5.82 Å². The first-order valence-corrected chi connectivity index (χ1v) is 5.55. The predicted molar refractivity (Wildman–Crippen MR) is 60.1 cm³/mol. The van der Waals surface area contributed by atoms with Crippen LogP contribution in [-0.4, -0.2) is 30.8 Å². The summed E-state index contributed by atoms with van der Waals surface area (Å²) >= 11 is 0. The maximum Gasteiger partial charge on any atom is 0.182 e. The minimum absolute atomic E-state index is 0.347. The first-order chi connectivity index (χ1) is 7.72. The van der Waals surface area contributed by atoms with E-state index in [9.17, 15) is 5.11 Å². The lowest BCUT2D eigenvalue weighted by atomic mass is 10.1. The Hall–Kier alpha value is -1.49. The van der Waals surface area contributed by atoms with Crippen LogP contribution < -0.4 is 0 Å². The van der Waals surface area contributed by atoms with Crippen LogP contribution in [-0.2, 0) is 6.42 Å². The van der Waals surface area contributed by atoms with Crippen molar-refractivity contribution in [1.29, 1.82) is 0 Å². The van der Waals surface area contributed by atoms with Crippen molar-refractivity contribution in [3.05, 3.63) is 23.9 Å². The Labute approximate surface area is 94.2 Å². The summed E-state index contributed by atoms with van der Waals surface area (Å²) in [5.74, 6) is 0.837. The zero-order valence-electron chi connectivity index (χ0n) is 9.59. The van der Waals surface area contributed by atoms with Gasteiger partial charge in [0.05, 0.1) is 11.8 Å². The van der Waals surface area contributed by atoms with E-state index in [1.165, 1.54) is 0 Å². The molecule has 0 saturated heterocycles. The number of hydrogen-bond acceptors (Lipinski definition) is 4. The van der Waals surface area contributed by atoms with E-state index < -0.39 is 0 Å². The first kappa shape index (κ1) is 11.0. The smallest absolute Gasteiger partial charge is 0.182 e. The van der Waals surface area contributed by atoms with Gasteiger partial charge < -0.3 is 5.11 Å². The highest BCUT2D eigenvalue weighted by molar-refractivity contribution is 5.43. The third-order valence-corrected chi connectivity index (χ3v) is 2.62. The van der Waals surface area contributed by atoms with E-state index in [0.29, 0.717) is 6.42 Å². The summed E-state index contributed by atoms with van der Waals surface area (Å²) in [5.41, 5.74) is 1.55. The van der Waals surface area contributed by atoms with Crippen LogP contribution in [0.5, 0.6) is 0 Å². The molecule has 1 atom stereocenters. The maximum absolute atomic E-state index is 9.77. The van der Waals surface area contributed by atoms with Crippen molar-refractivity contribution in [2.24, 2.45) is 0 Å². The van der Waals surface area contributed by atoms with Crippen molar-refractivity contribution >= 4 is 5.65 Å². The molecule has 1 unspecified atom stereocenters. The molecule has 1 N–H and O–H groups in total. The Morgan fingerprint density at radius 3 is 3.00 bits per heavy atom. The molecule has 16 heavy (non-hydrogen) atoms. The van der Waals surface area contributed by atoms with Gasteiger partial charge in [0.25, 0.3) is 0 Å². The molecule has 0 saturated carbocycles. The number of aryl methyl sites for hydroxylation is 1. The normalized spacial score (nSPS) is 13.2. The fourth-order valence-corrected chi connectivity index (χ4v) is 1.79. The Bertz CT molecular complexity index is 480. The summed E-state index contributed by atoms with van der Waals surface area (Å²) in [7, 11) is 0. The molecule has 0 fully saturated rings. The van der Waals surface area contributed by atoms with Crippen LogP contribution in [0.2, 0.25) is 0 Å². The fourth-order valence-electron chi connectivity index (χ4n) is 1.79. The number of nitrogens with zero attached hydrogens (tertiary/aromatic N) is 4. The summed E-state index contributed by atoms with van der Waals surface area (Å²) in [4.78, 5) is 4.26. The topological polar surface area (TPSA) is 63.3 Å². The molecule has 2 heterocycles. The second-order valence-electron chi connectivity index (χ2n) is 3.96. The standard InChI is InChI=1S/C11H16N4O/c1-3-4-9(16)7-10-11-14-13-8(2)15(11)6-5-12-10/h5-6,9,16H,3-4,7H2,1-2H3. The van der Waals surface area contributed by atoms with Gasteiger partial charge in [0, 0.05) is 18.8 Å². The van der Waals surface area contributed by atoms with Crippen molar-refractivity contribution in [2.75, 3.05) is 0 Å². The Morgan fingerprint density at radius 2 is 2.25 bits per heavy atom. The van der Waals surface area contributed by atoms with Gasteiger partial charge in [0.2, 0.25) is 0 Å². The fraction of sp³-hybridized carbons (Fsp3) is 0.545. The molecule has 0 spiro atoms. The molecular weight excluding hydrogens is 204 g/mol. The zero-order valence-corrected chi connectivity index (χ0v) is 9.59. The van der Waals surface area contributed by atoms with Crippen molar-refractivity contribution in [3.63, 3.8) is 0 Å². The zero-order chi connectivity index (χ0) is 11.5. The monoisotopic (exact) mass is 220 g/mol. The van der Waals surface area contributed by atoms with Gasteiger partial charge in [-0.15, -0.1) is 10.2 Å². The van der Waals surface area contributed by atoms with Crippen LogP contribution >= 0.6 is 0 Å². The molecule has 0 aliphatic carbocycles. The molecule has 0 amide bonds. The van der Waals surface area contributed by atoms with E-state index in [1.54, 1.807) is 6.20 Å². The molecule has 2 rings (SSSR count). The number of rotatable bonds is 4. The molecule has 86 valence electrons. The summed E-state index contributed by atoms with van der Waals surface area (Å²) in [6.45, 7) is 3.95. The number of hydrogen-bond donors (Lipinski definition) is 1. The van der Waals surface area contributed by atoms with E-state index in [0.717, 1.165) is 30.0 Å². The highest BCUT2D eigenvalue weighted by Crippen LogP contribution is 2.11. The van der Waals surface area contributed by atoms with Crippen molar-refractivity contribution in [3.8, 4) is 0 Å². The molecule has 2 aromatic heterocycles. The van der Waals surface area contributed by atoms with Crippen molar-refractivity contribution in [1.82, 2.24) is 19.6 Å². The largest absolute Gasteiger partial charge is 0.393 e. The SMILES string of the molecule is CCCC(O)Cc1nccn2c(C)nnc12. The molecule has 5 nitrogen and oxygen atoms in total. The lowest BCUT2D eigenvalue weighted by Crippen LogP contribution is -2.12. The number of aromatic nitrogens is 4. The van der Waals surface area contributed by atoms with Gasteiger partial charge in [0.15, 0.2) is 5.65 Å². The molecule has 0 aromatic carbocycles. The van der Waals surface area contributed by atoms with E-state index in [1.807, 2.05) is 17.5 Å². The van der Waals surface area contributed by atoms with Crippen LogP contribution in [0.25, 0.3) is 5.65 Å². The van der Waals surface area contributed by atoms with Gasteiger partial charge >= 0.3 is 0 Å². The number of aliphatic hydroxyl groups is 1.